The van der Waals surface area contributed by atoms with E-state index in [1.165, 1.54) is 0 Å². The summed E-state index contributed by atoms with van der Waals surface area (Å²) < 4.78 is 5.30. The van der Waals surface area contributed by atoms with Crippen LogP contribution >= 0.6 is 0 Å². The number of hydrogen-bond donors (Lipinski definition) is 1. The summed E-state index contributed by atoms with van der Waals surface area (Å²) in [6.07, 6.45) is 3.18. The van der Waals surface area contributed by atoms with Crippen LogP contribution < -0.4 is 9.64 Å². The summed E-state index contributed by atoms with van der Waals surface area (Å²) in [6.45, 7) is 2.55. The maximum Gasteiger partial charge on any atom is 0.165 e. The van der Waals surface area contributed by atoms with Crippen LogP contribution in [-0.2, 0) is 0 Å². The van der Waals surface area contributed by atoms with E-state index in [1.807, 2.05) is 12.1 Å². The van der Waals surface area contributed by atoms with E-state index in [0.29, 0.717) is 11.3 Å². The van der Waals surface area contributed by atoms with E-state index in [-0.39, 0.29) is 18.4 Å². The second-order valence-corrected chi connectivity index (χ2v) is 4.94. The number of aliphatic hydroxyl groups is 1. The van der Waals surface area contributed by atoms with Gasteiger partial charge in [-0.05, 0) is 38.3 Å². The smallest absolute Gasteiger partial charge is 0.165 e. The van der Waals surface area contributed by atoms with E-state index in [9.17, 15) is 9.90 Å². The highest BCUT2D eigenvalue weighted by molar-refractivity contribution is 6.02. The predicted octanol–water partition coefficient (Wildman–Crippen LogP) is 2.25. The second-order valence-electron chi connectivity index (χ2n) is 4.94. The molecule has 0 spiro atoms. The van der Waals surface area contributed by atoms with Crippen molar-refractivity contribution < 1.29 is 14.6 Å². The second kappa shape index (κ2) is 6.06. The molecule has 4 heteroatoms. The molecule has 1 heterocycles. The average Bonchev–Trinajstić information content (AvgIpc) is 2.46. The molecule has 1 fully saturated rings. The van der Waals surface area contributed by atoms with E-state index in [4.69, 9.17) is 4.74 Å². The van der Waals surface area contributed by atoms with Gasteiger partial charge in [-0.25, -0.2) is 0 Å². The summed E-state index contributed by atoms with van der Waals surface area (Å²) in [5.74, 6) is 0.599. The number of ether oxygens (including phenoxy) is 1. The molecule has 1 aromatic rings. The van der Waals surface area contributed by atoms with E-state index in [1.54, 1.807) is 20.1 Å². The van der Waals surface area contributed by atoms with Gasteiger partial charge in [-0.2, -0.15) is 0 Å². The number of nitrogens with zero attached hydrogens (tertiary/aromatic N) is 1. The number of Topliss-reactive ketones (excluding diaryl/α,β-unsaturated/α-hetero) is 1. The summed E-state index contributed by atoms with van der Waals surface area (Å²) in [7, 11) is 1.57. The van der Waals surface area contributed by atoms with Gasteiger partial charge in [0, 0.05) is 6.54 Å². The summed E-state index contributed by atoms with van der Waals surface area (Å²) >= 11 is 0. The number of benzene rings is 1. The van der Waals surface area contributed by atoms with Gasteiger partial charge in [-0.3, -0.25) is 4.79 Å². The number of carbonyl (C=O) groups is 1. The van der Waals surface area contributed by atoms with Gasteiger partial charge >= 0.3 is 0 Å². The van der Waals surface area contributed by atoms with Crippen molar-refractivity contribution in [3.05, 3.63) is 23.8 Å². The van der Waals surface area contributed by atoms with Gasteiger partial charge in [0.15, 0.2) is 5.78 Å². The topological polar surface area (TPSA) is 49.8 Å². The molecule has 1 aliphatic heterocycles. The highest BCUT2D eigenvalue weighted by Crippen LogP contribution is 2.33. The first-order chi connectivity index (χ1) is 9.19. The first kappa shape index (κ1) is 13.9. The Morgan fingerprint density at radius 3 is 2.89 bits per heavy atom. The Morgan fingerprint density at radius 1 is 1.47 bits per heavy atom. The van der Waals surface area contributed by atoms with Crippen LogP contribution in [0.5, 0.6) is 5.75 Å². The lowest BCUT2D eigenvalue weighted by Gasteiger charge is -2.37. The molecular weight excluding hydrogens is 242 g/mol. The number of piperidine rings is 1. The summed E-state index contributed by atoms with van der Waals surface area (Å²) in [6, 6.07) is 5.73. The summed E-state index contributed by atoms with van der Waals surface area (Å²) in [5, 5.41) is 9.52. The van der Waals surface area contributed by atoms with Crippen LogP contribution in [0.25, 0.3) is 0 Å². The van der Waals surface area contributed by atoms with Crippen LogP contribution in [-0.4, -0.2) is 37.2 Å². The molecular formula is C15H21NO3. The zero-order valence-corrected chi connectivity index (χ0v) is 11.6. The Hall–Kier alpha value is -1.55. The monoisotopic (exact) mass is 263 g/mol. The number of rotatable bonds is 4. The molecule has 0 bridgehead atoms. The predicted molar refractivity (Wildman–Crippen MR) is 75.1 cm³/mol. The van der Waals surface area contributed by atoms with Gasteiger partial charge < -0.3 is 14.7 Å². The molecule has 0 aromatic heterocycles. The number of ketones is 1. The zero-order chi connectivity index (χ0) is 13.8. The SMILES string of the molecule is COc1cccc(N2CCCCC2CO)c1C(C)=O. The third-order valence-electron chi connectivity index (χ3n) is 3.72. The fourth-order valence-corrected chi connectivity index (χ4v) is 2.79. The third kappa shape index (κ3) is 2.73. The number of hydrogen-bond acceptors (Lipinski definition) is 4. The Balaban J connectivity index is 2.45. The van der Waals surface area contributed by atoms with Crippen LogP contribution in [0, 0.1) is 0 Å². The van der Waals surface area contributed by atoms with E-state index >= 15 is 0 Å². The summed E-state index contributed by atoms with van der Waals surface area (Å²) in [4.78, 5) is 14.1. The molecule has 0 amide bonds. The number of aliphatic hydroxyl groups excluding tert-OH is 1. The van der Waals surface area contributed by atoms with Crippen LogP contribution in [0.3, 0.4) is 0 Å². The van der Waals surface area contributed by atoms with Crippen molar-refractivity contribution in [3.8, 4) is 5.75 Å². The average molecular weight is 263 g/mol. The normalized spacial score (nSPS) is 19.3. The Bertz CT molecular complexity index is 459. The first-order valence-corrected chi connectivity index (χ1v) is 6.74. The first-order valence-electron chi connectivity index (χ1n) is 6.74. The maximum absolute atomic E-state index is 11.9. The molecule has 4 nitrogen and oxygen atoms in total. The van der Waals surface area contributed by atoms with Crippen LogP contribution in [0.4, 0.5) is 5.69 Å². The minimum atomic E-state index is -0.00490. The lowest BCUT2D eigenvalue weighted by atomic mass is 9.99. The standard InChI is InChI=1S/C15H21NO3/c1-11(18)15-13(7-5-8-14(15)19-2)16-9-4-3-6-12(16)10-17/h5,7-8,12,17H,3-4,6,9-10H2,1-2H3. The highest BCUT2D eigenvalue weighted by Gasteiger charge is 2.26. The molecule has 1 atom stereocenters. The van der Waals surface area contributed by atoms with Gasteiger partial charge in [0.2, 0.25) is 0 Å². The van der Waals surface area contributed by atoms with Crippen molar-refractivity contribution in [2.45, 2.75) is 32.2 Å². The molecule has 1 saturated heterocycles. The molecule has 1 unspecified atom stereocenters. The Labute approximate surface area is 114 Å². The van der Waals surface area contributed by atoms with Crippen LogP contribution in [0.2, 0.25) is 0 Å². The molecule has 1 aliphatic rings. The quantitative estimate of drug-likeness (QED) is 0.846. The van der Waals surface area contributed by atoms with Crippen molar-refractivity contribution >= 4 is 11.5 Å². The minimum Gasteiger partial charge on any atom is -0.496 e. The lowest BCUT2D eigenvalue weighted by molar-refractivity contribution is 0.101. The number of methoxy groups -OCH3 is 1. The van der Waals surface area contributed by atoms with E-state index < -0.39 is 0 Å². The van der Waals surface area contributed by atoms with Crippen molar-refractivity contribution in [3.63, 3.8) is 0 Å². The zero-order valence-electron chi connectivity index (χ0n) is 11.6. The van der Waals surface area contributed by atoms with E-state index in [0.717, 1.165) is 31.5 Å². The van der Waals surface area contributed by atoms with Gasteiger partial charge in [0.05, 0.1) is 31.0 Å². The molecule has 1 aromatic carbocycles. The van der Waals surface area contributed by atoms with Crippen LogP contribution in [0.15, 0.2) is 18.2 Å². The van der Waals surface area contributed by atoms with Gasteiger partial charge in [-0.15, -0.1) is 0 Å². The molecule has 0 saturated carbocycles. The molecule has 0 aliphatic carbocycles. The Kier molecular flexibility index (Phi) is 4.43. The minimum absolute atomic E-state index is 0.00490. The van der Waals surface area contributed by atoms with Crippen LogP contribution in [0.1, 0.15) is 36.5 Å². The lowest BCUT2D eigenvalue weighted by Crippen LogP contribution is -2.42. The van der Waals surface area contributed by atoms with Gasteiger partial charge in [0.25, 0.3) is 0 Å². The van der Waals surface area contributed by atoms with Gasteiger partial charge in [-0.1, -0.05) is 6.07 Å². The molecule has 2 rings (SSSR count). The van der Waals surface area contributed by atoms with Gasteiger partial charge in [0.1, 0.15) is 5.75 Å². The molecule has 104 valence electrons. The van der Waals surface area contributed by atoms with Crippen molar-refractivity contribution in [1.29, 1.82) is 0 Å². The fraction of sp³-hybridized carbons (Fsp3) is 0.533. The largest absolute Gasteiger partial charge is 0.496 e. The molecule has 0 radical (unpaired) electrons. The Morgan fingerprint density at radius 2 is 2.26 bits per heavy atom. The van der Waals surface area contributed by atoms with Crippen molar-refractivity contribution in [1.82, 2.24) is 0 Å². The molecule has 19 heavy (non-hydrogen) atoms. The number of anilines is 1. The highest BCUT2D eigenvalue weighted by atomic mass is 16.5. The third-order valence-corrected chi connectivity index (χ3v) is 3.72. The maximum atomic E-state index is 11.9. The van der Waals surface area contributed by atoms with Crippen molar-refractivity contribution in [2.75, 3.05) is 25.2 Å². The number of carbonyl (C=O) groups excluding carboxylic acids is 1. The van der Waals surface area contributed by atoms with Crippen molar-refractivity contribution in [2.24, 2.45) is 0 Å². The summed E-state index contributed by atoms with van der Waals surface area (Å²) in [5.41, 5.74) is 1.50. The fourth-order valence-electron chi connectivity index (χ4n) is 2.79. The van der Waals surface area contributed by atoms with E-state index in [2.05, 4.69) is 4.90 Å². The molecule has 1 N–H and O–H groups in total.